The highest BCUT2D eigenvalue weighted by molar-refractivity contribution is 7.11. The highest BCUT2D eigenvalue weighted by Gasteiger charge is 2.21. The third kappa shape index (κ3) is 6.12. The molecule has 4 nitrogen and oxygen atoms in total. The lowest BCUT2D eigenvalue weighted by Gasteiger charge is -2.27. The molecule has 1 aromatic heterocycles. The van der Waals surface area contributed by atoms with Crippen LogP contribution in [0.5, 0.6) is 5.75 Å². The molecule has 3 rings (SSSR count). The van der Waals surface area contributed by atoms with Crippen LogP contribution in [0.3, 0.4) is 0 Å². The summed E-state index contributed by atoms with van der Waals surface area (Å²) in [5, 5.41) is 10.4. The van der Waals surface area contributed by atoms with Gasteiger partial charge < -0.3 is 14.6 Å². The number of benzene rings is 1. The molecule has 1 fully saturated rings. The highest BCUT2D eigenvalue weighted by Crippen LogP contribution is 2.20. The highest BCUT2D eigenvalue weighted by atomic mass is 32.1. The largest absolute Gasteiger partial charge is 0.491 e. The average molecular weight is 362 g/mol. The molecule has 2 atom stereocenters. The number of aliphatic hydroxyl groups is 1. The molecule has 0 bridgehead atoms. The first-order valence-electron chi connectivity index (χ1n) is 8.94. The molecule has 25 heavy (non-hydrogen) atoms. The van der Waals surface area contributed by atoms with Crippen molar-refractivity contribution in [2.24, 2.45) is 0 Å². The zero-order valence-corrected chi connectivity index (χ0v) is 15.6. The van der Waals surface area contributed by atoms with Crippen LogP contribution in [0.1, 0.15) is 22.6 Å². The molecule has 1 aromatic carbocycles. The van der Waals surface area contributed by atoms with E-state index in [-0.39, 0.29) is 6.10 Å². The number of ether oxygens (including phenoxy) is 2. The Kier molecular flexibility index (Phi) is 6.87. The molecule has 2 heterocycles. The van der Waals surface area contributed by atoms with Gasteiger partial charge in [-0.2, -0.15) is 0 Å². The summed E-state index contributed by atoms with van der Waals surface area (Å²) in [5.41, 5.74) is 0. The number of rotatable bonds is 9. The van der Waals surface area contributed by atoms with E-state index in [1.54, 1.807) is 0 Å². The normalized spacial score (nSPS) is 18.6. The Balaban J connectivity index is 1.53. The van der Waals surface area contributed by atoms with Gasteiger partial charge in [-0.3, -0.25) is 4.90 Å². The van der Waals surface area contributed by atoms with Crippen LogP contribution in [-0.2, 0) is 11.3 Å². The SMILES string of the molecule is Cc1ccc(CN(C[C@H](O)COc2ccccc2)C[C@H]2CCCO2)s1. The lowest BCUT2D eigenvalue weighted by molar-refractivity contribution is 0.0317. The van der Waals surface area contributed by atoms with E-state index < -0.39 is 6.10 Å². The summed E-state index contributed by atoms with van der Waals surface area (Å²) in [6.07, 6.45) is 2.00. The summed E-state index contributed by atoms with van der Waals surface area (Å²) in [6.45, 7) is 5.58. The van der Waals surface area contributed by atoms with Crippen LogP contribution in [0.4, 0.5) is 0 Å². The summed E-state index contributed by atoms with van der Waals surface area (Å²) in [7, 11) is 0. The Labute approximate surface area is 154 Å². The Morgan fingerprint density at radius 1 is 1.28 bits per heavy atom. The number of para-hydroxylation sites is 1. The van der Waals surface area contributed by atoms with Crippen molar-refractivity contribution in [3.8, 4) is 5.75 Å². The minimum Gasteiger partial charge on any atom is -0.491 e. The summed E-state index contributed by atoms with van der Waals surface area (Å²) in [6, 6.07) is 14.0. The first kappa shape index (κ1) is 18.4. The van der Waals surface area contributed by atoms with Gasteiger partial charge in [-0.25, -0.2) is 0 Å². The fraction of sp³-hybridized carbons (Fsp3) is 0.500. The lowest BCUT2D eigenvalue weighted by Crippen LogP contribution is -2.39. The summed E-state index contributed by atoms with van der Waals surface area (Å²) < 4.78 is 11.5. The van der Waals surface area contributed by atoms with Crippen LogP contribution in [0.2, 0.25) is 0 Å². The lowest BCUT2D eigenvalue weighted by atomic mass is 10.2. The quantitative estimate of drug-likeness (QED) is 0.742. The maximum absolute atomic E-state index is 10.4. The van der Waals surface area contributed by atoms with Crippen molar-refractivity contribution in [2.45, 2.75) is 38.5 Å². The number of aliphatic hydroxyl groups excluding tert-OH is 1. The van der Waals surface area contributed by atoms with Crippen LogP contribution >= 0.6 is 11.3 Å². The van der Waals surface area contributed by atoms with Crippen molar-refractivity contribution in [2.75, 3.05) is 26.3 Å². The summed E-state index contributed by atoms with van der Waals surface area (Å²) in [4.78, 5) is 4.94. The van der Waals surface area contributed by atoms with E-state index in [2.05, 4.69) is 24.0 Å². The number of hydrogen-bond acceptors (Lipinski definition) is 5. The van der Waals surface area contributed by atoms with E-state index in [4.69, 9.17) is 9.47 Å². The molecular formula is C20H27NO3S. The summed E-state index contributed by atoms with van der Waals surface area (Å²) >= 11 is 1.82. The molecule has 0 aliphatic carbocycles. The molecular weight excluding hydrogens is 334 g/mol. The van der Waals surface area contributed by atoms with Crippen molar-refractivity contribution in [3.05, 3.63) is 52.2 Å². The topological polar surface area (TPSA) is 41.9 Å². The molecule has 0 spiro atoms. The molecule has 5 heteroatoms. The minimum atomic E-state index is -0.525. The smallest absolute Gasteiger partial charge is 0.119 e. The maximum Gasteiger partial charge on any atom is 0.119 e. The molecule has 0 saturated carbocycles. The van der Waals surface area contributed by atoms with Crippen LogP contribution < -0.4 is 4.74 Å². The van der Waals surface area contributed by atoms with Gasteiger partial charge in [-0.05, 0) is 44.0 Å². The van der Waals surface area contributed by atoms with Gasteiger partial charge in [-0.1, -0.05) is 18.2 Å². The second kappa shape index (κ2) is 9.34. The maximum atomic E-state index is 10.4. The van der Waals surface area contributed by atoms with Gasteiger partial charge in [-0.15, -0.1) is 11.3 Å². The number of thiophene rings is 1. The van der Waals surface area contributed by atoms with Crippen LogP contribution in [0.15, 0.2) is 42.5 Å². The molecule has 1 aliphatic rings. The number of nitrogens with zero attached hydrogens (tertiary/aromatic N) is 1. The molecule has 136 valence electrons. The first-order valence-corrected chi connectivity index (χ1v) is 9.76. The summed E-state index contributed by atoms with van der Waals surface area (Å²) in [5.74, 6) is 0.793. The van der Waals surface area contributed by atoms with Gasteiger partial charge in [0.2, 0.25) is 0 Å². The van der Waals surface area contributed by atoms with Crippen molar-refractivity contribution in [1.29, 1.82) is 0 Å². The second-order valence-corrected chi connectivity index (χ2v) is 7.99. The van der Waals surface area contributed by atoms with Gasteiger partial charge in [0.1, 0.15) is 18.5 Å². The van der Waals surface area contributed by atoms with Gasteiger partial charge in [0, 0.05) is 36.0 Å². The van der Waals surface area contributed by atoms with E-state index >= 15 is 0 Å². The average Bonchev–Trinajstić information content (AvgIpc) is 3.26. The molecule has 1 saturated heterocycles. The Bertz CT molecular complexity index is 625. The van der Waals surface area contributed by atoms with E-state index in [9.17, 15) is 5.11 Å². The van der Waals surface area contributed by atoms with Crippen LogP contribution in [-0.4, -0.2) is 48.5 Å². The fourth-order valence-corrected chi connectivity index (χ4v) is 4.06. The molecule has 0 amide bonds. The first-order chi connectivity index (χ1) is 12.2. The van der Waals surface area contributed by atoms with E-state index in [1.807, 2.05) is 41.7 Å². The van der Waals surface area contributed by atoms with Crippen molar-refractivity contribution >= 4 is 11.3 Å². The van der Waals surface area contributed by atoms with Gasteiger partial charge in [0.15, 0.2) is 0 Å². The zero-order chi connectivity index (χ0) is 17.5. The third-order valence-corrected chi connectivity index (χ3v) is 5.30. The third-order valence-electron chi connectivity index (χ3n) is 4.32. The van der Waals surface area contributed by atoms with Gasteiger partial charge in [0.05, 0.1) is 6.10 Å². The van der Waals surface area contributed by atoms with Crippen molar-refractivity contribution < 1.29 is 14.6 Å². The van der Waals surface area contributed by atoms with Gasteiger partial charge >= 0.3 is 0 Å². The predicted octanol–water partition coefficient (Wildman–Crippen LogP) is 3.48. The Morgan fingerprint density at radius 3 is 2.80 bits per heavy atom. The number of aryl methyl sites for hydroxylation is 1. The monoisotopic (exact) mass is 361 g/mol. The molecule has 0 radical (unpaired) electrons. The van der Waals surface area contributed by atoms with Crippen LogP contribution in [0, 0.1) is 6.92 Å². The fourth-order valence-electron chi connectivity index (χ4n) is 3.13. The Hall–Kier alpha value is -1.40. The van der Waals surface area contributed by atoms with E-state index in [0.29, 0.717) is 13.2 Å². The Morgan fingerprint density at radius 2 is 2.12 bits per heavy atom. The van der Waals surface area contributed by atoms with Crippen molar-refractivity contribution in [3.63, 3.8) is 0 Å². The number of hydrogen-bond donors (Lipinski definition) is 1. The zero-order valence-electron chi connectivity index (χ0n) is 14.8. The second-order valence-electron chi connectivity index (χ2n) is 6.62. The molecule has 2 aromatic rings. The van der Waals surface area contributed by atoms with E-state index in [1.165, 1.54) is 9.75 Å². The molecule has 0 unspecified atom stereocenters. The van der Waals surface area contributed by atoms with Gasteiger partial charge in [0.25, 0.3) is 0 Å². The molecule has 1 N–H and O–H groups in total. The minimum absolute atomic E-state index is 0.281. The van der Waals surface area contributed by atoms with Crippen LogP contribution in [0.25, 0.3) is 0 Å². The van der Waals surface area contributed by atoms with Crippen molar-refractivity contribution in [1.82, 2.24) is 4.90 Å². The molecule has 1 aliphatic heterocycles. The predicted molar refractivity (Wildman–Crippen MR) is 101 cm³/mol. The van der Waals surface area contributed by atoms with E-state index in [0.717, 1.165) is 38.3 Å². The standard InChI is InChI=1S/C20H27NO3S/c1-16-9-10-20(25-16)14-21(13-19-8-5-11-23-19)12-17(22)15-24-18-6-3-2-4-7-18/h2-4,6-7,9-10,17,19,22H,5,8,11-15H2,1H3/t17-,19+/m0/s1.